The molecule has 4 atom stereocenters. The molecule has 2 aliphatic rings. The monoisotopic (exact) mass is 362 g/mol. The van der Waals surface area contributed by atoms with Gasteiger partial charge in [-0.1, -0.05) is 28.7 Å². The second-order valence-corrected chi connectivity index (χ2v) is 6.78. The number of fused-ring (bicyclic) bond motifs is 1. The number of nitrogens with two attached hydrogens (primary N) is 1. The highest BCUT2D eigenvalue weighted by Crippen LogP contribution is 2.69. The van der Waals surface area contributed by atoms with E-state index in [0.717, 1.165) is 0 Å². The van der Waals surface area contributed by atoms with Crippen molar-refractivity contribution < 1.29 is 0 Å². The number of nitriles is 1. The molecule has 2 rings (SSSR count). The number of hydrogen-bond acceptors (Lipinski definition) is 4. The van der Waals surface area contributed by atoms with Gasteiger partial charge in [0.15, 0.2) is 0 Å². The molecule has 0 aromatic carbocycles. The van der Waals surface area contributed by atoms with Crippen LogP contribution in [0, 0.1) is 16.7 Å². The number of hydrazine groups is 1. The molecule has 1 fully saturated rings. The van der Waals surface area contributed by atoms with Crippen LogP contribution in [-0.2, 0) is 0 Å². The summed E-state index contributed by atoms with van der Waals surface area (Å²) in [4.78, 5) is 0. The van der Waals surface area contributed by atoms with Crippen molar-refractivity contribution in [3.8, 4) is 6.07 Å². The number of rotatable bonds is 3. The third kappa shape index (κ3) is 1.69. The Morgan fingerprint density at radius 1 is 1.76 bits per heavy atom. The smallest absolute Gasteiger partial charge is 0.109 e. The van der Waals surface area contributed by atoms with Crippen LogP contribution in [0.2, 0.25) is 0 Å². The maximum atomic E-state index is 8.66. The van der Waals surface area contributed by atoms with E-state index >= 15 is 0 Å². The molecular weight excluding hydrogens is 346 g/mol. The molecular formula is C11H16IN4P. The molecule has 1 aliphatic heterocycles. The van der Waals surface area contributed by atoms with Crippen molar-refractivity contribution in [2.24, 2.45) is 11.3 Å². The van der Waals surface area contributed by atoms with Gasteiger partial charge in [0.05, 0.1) is 18.0 Å². The Morgan fingerprint density at radius 2 is 2.41 bits per heavy atom. The molecule has 0 bridgehead atoms. The Morgan fingerprint density at radius 3 is 2.88 bits per heavy atom. The van der Waals surface area contributed by atoms with Crippen molar-refractivity contribution >= 4 is 32.0 Å². The normalized spacial score (nSPS) is 37.9. The first-order valence-electron chi connectivity index (χ1n) is 5.38. The highest BCUT2D eigenvalue weighted by molar-refractivity contribution is 14.1. The first kappa shape index (κ1) is 13.1. The number of halogens is 1. The van der Waals surface area contributed by atoms with Crippen molar-refractivity contribution in [1.29, 1.82) is 5.26 Å². The number of nitrogens with zero attached hydrogens (tertiary/aromatic N) is 3. The summed E-state index contributed by atoms with van der Waals surface area (Å²) in [5, 5.41) is 10.3. The van der Waals surface area contributed by atoms with Gasteiger partial charge in [0.2, 0.25) is 0 Å². The van der Waals surface area contributed by atoms with Crippen LogP contribution in [0.5, 0.6) is 0 Å². The molecule has 0 aromatic rings. The summed E-state index contributed by atoms with van der Waals surface area (Å²) in [6.07, 6.45) is 6.69. The van der Waals surface area contributed by atoms with Crippen LogP contribution in [0.15, 0.2) is 24.0 Å². The van der Waals surface area contributed by atoms with Crippen LogP contribution < -0.4 is 5.84 Å². The van der Waals surface area contributed by atoms with Crippen molar-refractivity contribution in [2.45, 2.75) is 29.9 Å². The third-order valence-corrected chi connectivity index (χ3v) is 5.75. The van der Waals surface area contributed by atoms with E-state index in [1.54, 1.807) is 5.01 Å². The zero-order valence-corrected chi connectivity index (χ0v) is 13.2. The Kier molecular flexibility index (Phi) is 3.18. The predicted octanol–water partition coefficient (Wildman–Crippen LogP) is 2.12. The van der Waals surface area contributed by atoms with Gasteiger partial charge in [0.25, 0.3) is 0 Å². The molecule has 2 N–H and O–H groups in total. The second kappa shape index (κ2) is 4.11. The summed E-state index contributed by atoms with van der Waals surface area (Å²) in [5.74, 6) is 5.96. The molecule has 2 unspecified atom stereocenters. The minimum Gasteiger partial charge on any atom is -0.352 e. The SMILES string of the molecule is C[C@@]12/C(=C\N(N)C(I)CC#N)[C@@]1(C)C=CN2P. The molecule has 92 valence electrons. The Bertz CT molecular complexity index is 443. The van der Waals surface area contributed by atoms with E-state index in [9.17, 15) is 0 Å². The van der Waals surface area contributed by atoms with Crippen molar-refractivity contribution in [3.05, 3.63) is 24.0 Å². The lowest BCUT2D eigenvalue weighted by Gasteiger charge is -2.21. The molecule has 4 nitrogen and oxygen atoms in total. The van der Waals surface area contributed by atoms with E-state index in [1.807, 2.05) is 6.20 Å². The maximum absolute atomic E-state index is 8.66. The van der Waals surface area contributed by atoms with E-state index in [1.165, 1.54) is 5.57 Å². The molecule has 6 heteroatoms. The maximum Gasteiger partial charge on any atom is 0.109 e. The van der Waals surface area contributed by atoms with Gasteiger partial charge in [-0.2, -0.15) is 5.26 Å². The van der Waals surface area contributed by atoms with Crippen molar-refractivity contribution in [2.75, 3.05) is 0 Å². The van der Waals surface area contributed by atoms with E-state index in [4.69, 9.17) is 11.1 Å². The molecule has 0 aromatic heterocycles. The van der Waals surface area contributed by atoms with Gasteiger partial charge in [-0.15, -0.1) is 0 Å². The fourth-order valence-electron chi connectivity index (χ4n) is 2.44. The van der Waals surface area contributed by atoms with Crippen molar-refractivity contribution in [1.82, 2.24) is 9.68 Å². The van der Waals surface area contributed by atoms with Crippen LogP contribution in [0.3, 0.4) is 0 Å². The van der Waals surface area contributed by atoms with Gasteiger partial charge < -0.3 is 9.68 Å². The van der Waals surface area contributed by atoms with Gasteiger partial charge in [0, 0.05) is 17.8 Å². The Labute approximate surface area is 118 Å². The molecule has 1 aliphatic carbocycles. The second-order valence-electron chi connectivity index (χ2n) is 4.78. The van der Waals surface area contributed by atoms with Gasteiger partial charge in [-0.05, 0) is 28.8 Å². The molecule has 1 saturated carbocycles. The highest BCUT2D eigenvalue weighted by Gasteiger charge is 2.70. The van der Waals surface area contributed by atoms with Crippen LogP contribution in [0.4, 0.5) is 0 Å². The Balaban J connectivity index is 2.17. The van der Waals surface area contributed by atoms with E-state index in [2.05, 4.69) is 68.8 Å². The lowest BCUT2D eigenvalue weighted by molar-refractivity contribution is 0.381. The fraction of sp³-hybridized carbons (Fsp3) is 0.545. The third-order valence-electron chi connectivity index (χ3n) is 3.98. The van der Waals surface area contributed by atoms with Crippen molar-refractivity contribution in [3.63, 3.8) is 0 Å². The molecule has 0 saturated heterocycles. The quantitative estimate of drug-likeness (QED) is 0.209. The molecule has 17 heavy (non-hydrogen) atoms. The summed E-state index contributed by atoms with van der Waals surface area (Å²) in [6, 6.07) is 2.13. The fourth-order valence-corrected chi connectivity index (χ4v) is 3.29. The average molecular weight is 362 g/mol. The summed E-state index contributed by atoms with van der Waals surface area (Å²) in [7, 11) is 2.73. The first-order valence-corrected chi connectivity index (χ1v) is 7.14. The highest BCUT2D eigenvalue weighted by atomic mass is 127. The zero-order chi connectivity index (χ0) is 12.8. The Hall–Kier alpha value is -0.310. The largest absolute Gasteiger partial charge is 0.352 e. The topological polar surface area (TPSA) is 56.3 Å². The standard InChI is InChI=1S/C11H16IN4P/c1-10-4-6-16(17)11(10,2)8(10)7-15(14)9(12)3-5-13/h4,6-7,9H,3,14,17H2,1-2H3/b8-7-/t9?,10-,11-/m1/s1. The first-order chi connectivity index (χ1) is 7.88. The summed E-state index contributed by atoms with van der Waals surface area (Å²) in [5.41, 5.74) is 1.40. The number of alkyl halides is 1. The lowest BCUT2D eigenvalue weighted by atomic mass is 10.1. The van der Waals surface area contributed by atoms with Crippen LogP contribution >= 0.6 is 32.0 Å². The van der Waals surface area contributed by atoms with E-state index < -0.39 is 0 Å². The van der Waals surface area contributed by atoms with E-state index in [0.29, 0.717) is 6.42 Å². The molecule has 0 spiro atoms. The molecule has 0 radical (unpaired) electrons. The summed E-state index contributed by atoms with van der Waals surface area (Å²) >= 11 is 2.18. The minimum atomic E-state index is 0.0144. The summed E-state index contributed by atoms with van der Waals surface area (Å²) < 4.78 is 2.15. The molecule has 1 heterocycles. The van der Waals surface area contributed by atoms with Crippen LogP contribution in [0.1, 0.15) is 20.3 Å². The average Bonchev–Trinajstić information content (AvgIpc) is 2.63. The van der Waals surface area contributed by atoms with Crippen LogP contribution in [0.25, 0.3) is 0 Å². The summed E-state index contributed by atoms with van der Waals surface area (Å²) in [6.45, 7) is 4.41. The van der Waals surface area contributed by atoms with Gasteiger partial charge in [-0.25, -0.2) is 5.84 Å². The van der Waals surface area contributed by atoms with Gasteiger partial charge in [-0.3, -0.25) is 0 Å². The molecule has 0 amide bonds. The van der Waals surface area contributed by atoms with Crippen LogP contribution in [-0.4, -0.2) is 19.3 Å². The number of hydrogen-bond donors (Lipinski definition) is 1. The van der Waals surface area contributed by atoms with Gasteiger partial charge >= 0.3 is 0 Å². The van der Waals surface area contributed by atoms with Gasteiger partial charge in [0.1, 0.15) is 4.05 Å². The minimum absolute atomic E-state index is 0.0144. The predicted molar refractivity (Wildman–Crippen MR) is 79.3 cm³/mol. The zero-order valence-electron chi connectivity index (χ0n) is 9.89. The van der Waals surface area contributed by atoms with E-state index in [-0.39, 0.29) is 15.0 Å². The lowest BCUT2D eigenvalue weighted by Crippen LogP contribution is -2.32.